The van der Waals surface area contributed by atoms with Crippen LogP contribution in [0.15, 0.2) is 24.0 Å². The highest BCUT2D eigenvalue weighted by Gasteiger charge is 2.48. The van der Waals surface area contributed by atoms with Gasteiger partial charge in [-0.2, -0.15) is 0 Å². The topological polar surface area (TPSA) is 69.7 Å². The molecule has 4 unspecified atom stereocenters. The lowest BCUT2D eigenvalue weighted by Gasteiger charge is -2.29. The Kier molecular flexibility index (Phi) is 2.59. The molecule has 2 saturated heterocycles. The Morgan fingerprint density at radius 3 is 2.53 bits per heavy atom. The highest BCUT2D eigenvalue weighted by atomic mass is 16.6. The van der Waals surface area contributed by atoms with Crippen LogP contribution < -0.4 is 0 Å². The molecule has 0 aromatic heterocycles. The molecule has 2 heterocycles. The molecule has 0 spiro atoms. The summed E-state index contributed by atoms with van der Waals surface area (Å²) in [5.41, 5.74) is 0.886. The van der Waals surface area contributed by atoms with Gasteiger partial charge in [0.05, 0.1) is 18.3 Å². The van der Waals surface area contributed by atoms with Crippen LogP contribution in [0.25, 0.3) is 0 Å². The number of fused-ring (bicyclic) bond motifs is 1. The second-order valence-electron chi connectivity index (χ2n) is 5.39. The summed E-state index contributed by atoms with van der Waals surface area (Å²) in [6.07, 6.45) is 2.62. The normalized spacial score (nSPS) is 37.8. The molecule has 0 aromatic carbocycles. The van der Waals surface area contributed by atoms with E-state index in [1.54, 1.807) is 0 Å². The van der Waals surface area contributed by atoms with Crippen molar-refractivity contribution in [1.29, 1.82) is 0 Å². The fourth-order valence-electron chi connectivity index (χ4n) is 3.29. The minimum absolute atomic E-state index is 0.0913. The Hall–Kier alpha value is -1.91. The van der Waals surface area contributed by atoms with Crippen molar-refractivity contribution >= 4 is 17.9 Å². The number of esters is 3. The van der Waals surface area contributed by atoms with E-state index < -0.39 is 17.9 Å². The van der Waals surface area contributed by atoms with Crippen LogP contribution >= 0.6 is 0 Å². The van der Waals surface area contributed by atoms with Crippen LogP contribution in [0.2, 0.25) is 0 Å². The summed E-state index contributed by atoms with van der Waals surface area (Å²) in [5.74, 6) is -1.65. The minimum atomic E-state index is -0.472. The van der Waals surface area contributed by atoms with Gasteiger partial charge in [0.25, 0.3) is 0 Å². The Bertz CT molecular complexity index is 530. The van der Waals surface area contributed by atoms with Gasteiger partial charge < -0.3 is 9.47 Å². The van der Waals surface area contributed by atoms with Crippen molar-refractivity contribution in [2.75, 3.05) is 0 Å². The molecule has 3 aliphatic rings. The maximum Gasteiger partial charge on any atom is 0.318 e. The summed E-state index contributed by atoms with van der Waals surface area (Å²) in [6.45, 7) is 5.62. The second-order valence-corrected chi connectivity index (χ2v) is 5.39. The van der Waals surface area contributed by atoms with Crippen molar-refractivity contribution in [1.82, 2.24) is 0 Å². The quantitative estimate of drug-likeness (QED) is 0.405. The largest absolute Gasteiger partial charge is 0.431 e. The van der Waals surface area contributed by atoms with E-state index in [1.807, 2.05) is 13.0 Å². The molecule has 0 saturated carbocycles. The van der Waals surface area contributed by atoms with E-state index in [4.69, 9.17) is 4.74 Å². The molecule has 0 aromatic rings. The third kappa shape index (κ3) is 1.80. The number of carbonyl (C=O) groups excluding carboxylic acids is 3. The van der Waals surface area contributed by atoms with E-state index in [2.05, 4.69) is 11.3 Å². The second kappa shape index (κ2) is 4.05. The lowest BCUT2D eigenvalue weighted by atomic mass is 9.71. The molecule has 19 heavy (non-hydrogen) atoms. The van der Waals surface area contributed by atoms with Gasteiger partial charge in [0, 0.05) is 5.92 Å². The summed E-state index contributed by atoms with van der Waals surface area (Å²) in [5, 5.41) is 0. The van der Waals surface area contributed by atoms with Gasteiger partial charge in [-0.3, -0.25) is 14.4 Å². The highest BCUT2D eigenvalue weighted by molar-refractivity contribution is 5.95. The molecular formula is C14H14O5. The first-order valence-corrected chi connectivity index (χ1v) is 6.30. The lowest BCUT2D eigenvalue weighted by Crippen LogP contribution is -2.29. The lowest BCUT2D eigenvalue weighted by molar-refractivity contribution is -0.153. The molecule has 0 radical (unpaired) electrons. The first kappa shape index (κ1) is 12.1. The average molecular weight is 262 g/mol. The maximum absolute atomic E-state index is 11.7. The third-order valence-electron chi connectivity index (χ3n) is 4.22. The molecule has 4 atom stereocenters. The molecule has 0 bridgehead atoms. The van der Waals surface area contributed by atoms with Gasteiger partial charge in [-0.15, -0.1) is 0 Å². The van der Waals surface area contributed by atoms with E-state index in [0.717, 1.165) is 5.57 Å². The monoisotopic (exact) mass is 262 g/mol. The summed E-state index contributed by atoms with van der Waals surface area (Å²) in [4.78, 5) is 34.5. The van der Waals surface area contributed by atoms with E-state index in [0.29, 0.717) is 12.2 Å². The zero-order valence-corrected chi connectivity index (χ0v) is 10.5. The van der Waals surface area contributed by atoms with Gasteiger partial charge in [0.15, 0.2) is 0 Å². The van der Waals surface area contributed by atoms with Crippen LogP contribution in [0.1, 0.15) is 19.8 Å². The Labute approximate surface area is 110 Å². The van der Waals surface area contributed by atoms with Crippen LogP contribution in [-0.2, 0) is 23.9 Å². The van der Waals surface area contributed by atoms with Crippen LogP contribution in [0, 0.1) is 23.7 Å². The highest BCUT2D eigenvalue weighted by Crippen LogP contribution is 2.46. The van der Waals surface area contributed by atoms with Gasteiger partial charge in [-0.25, -0.2) is 0 Å². The van der Waals surface area contributed by atoms with Crippen molar-refractivity contribution in [3.05, 3.63) is 24.0 Å². The Morgan fingerprint density at radius 1 is 1.16 bits per heavy atom. The average Bonchev–Trinajstić information content (AvgIpc) is 2.80. The first-order chi connectivity index (χ1) is 8.97. The van der Waals surface area contributed by atoms with Crippen molar-refractivity contribution in [2.24, 2.45) is 23.7 Å². The van der Waals surface area contributed by atoms with Crippen molar-refractivity contribution in [2.45, 2.75) is 19.8 Å². The van der Waals surface area contributed by atoms with Crippen molar-refractivity contribution < 1.29 is 23.9 Å². The maximum atomic E-state index is 11.7. The van der Waals surface area contributed by atoms with E-state index in [9.17, 15) is 14.4 Å². The van der Waals surface area contributed by atoms with Gasteiger partial charge in [-0.05, 0) is 19.3 Å². The van der Waals surface area contributed by atoms with Gasteiger partial charge in [0.1, 0.15) is 5.76 Å². The number of allylic oxidation sites excluding steroid dienone is 2. The van der Waals surface area contributed by atoms with Gasteiger partial charge in [-0.1, -0.05) is 18.2 Å². The Balaban J connectivity index is 1.89. The predicted molar refractivity (Wildman–Crippen MR) is 63.3 cm³/mol. The number of carbonyl (C=O) groups is 3. The zero-order chi connectivity index (χ0) is 13.7. The Morgan fingerprint density at radius 2 is 1.89 bits per heavy atom. The molecule has 2 aliphatic heterocycles. The smallest absolute Gasteiger partial charge is 0.318 e. The molecule has 1 aliphatic carbocycles. The van der Waals surface area contributed by atoms with Crippen LogP contribution in [0.4, 0.5) is 0 Å². The molecule has 5 heteroatoms. The fourth-order valence-corrected chi connectivity index (χ4v) is 3.29. The number of rotatable bonds is 1. The predicted octanol–water partition coefficient (Wildman–Crippen LogP) is 1.35. The summed E-state index contributed by atoms with van der Waals surface area (Å²) in [6, 6.07) is 0. The van der Waals surface area contributed by atoms with Crippen LogP contribution in [-0.4, -0.2) is 17.9 Å². The summed E-state index contributed by atoms with van der Waals surface area (Å²) < 4.78 is 9.67. The molecule has 0 N–H and O–H groups in total. The van der Waals surface area contributed by atoms with Crippen LogP contribution in [0.3, 0.4) is 0 Å². The molecule has 5 nitrogen and oxygen atoms in total. The molecule has 3 rings (SSSR count). The van der Waals surface area contributed by atoms with Gasteiger partial charge in [0.2, 0.25) is 0 Å². The third-order valence-corrected chi connectivity index (χ3v) is 4.22. The van der Waals surface area contributed by atoms with E-state index in [-0.39, 0.29) is 30.1 Å². The van der Waals surface area contributed by atoms with Crippen molar-refractivity contribution in [3.8, 4) is 0 Å². The van der Waals surface area contributed by atoms with Crippen molar-refractivity contribution in [3.63, 3.8) is 0 Å². The molecule has 2 fully saturated rings. The first-order valence-electron chi connectivity index (χ1n) is 6.30. The number of cyclic esters (lactones) is 3. The standard InChI is InChI=1S/C14H14O5/c1-6-3-8(10-5-11(15)19-13(10)16)4-9-7(2)18-14(17)12(6)9/h3,8-10,12H,2,4-5H2,1H3. The zero-order valence-electron chi connectivity index (χ0n) is 10.5. The molecular weight excluding hydrogens is 248 g/mol. The summed E-state index contributed by atoms with van der Waals surface area (Å²) in [7, 11) is 0. The van der Waals surface area contributed by atoms with E-state index in [1.165, 1.54) is 0 Å². The molecule has 0 amide bonds. The number of hydrogen-bond acceptors (Lipinski definition) is 5. The SMILES string of the molecule is C=C1OC(=O)C2C(C)=CC(C3CC(=O)OC3=O)CC12. The summed E-state index contributed by atoms with van der Waals surface area (Å²) >= 11 is 0. The van der Waals surface area contributed by atoms with E-state index >= 15 is 0 Å². The number of ether oxygens (including phenoxy) is 2. The van der Waals surface area contributed by atoms with Crippen LogP contribution in [0.5, 0.6) is 0 Å². The fraction of sp³-hybridized carbons (Fsp3) is 0.500. The minimum Gasteiger partial charge on any atom is -0.431 e. The molecule has 100 valence electrons. The number of hydrogen-bond donors (Lipinski definition) is 0. The van der Waals surface area contributed by atoms with Gasteiger partial charge >= 0.3 is 17.9 Å².